The van der Waals surface area contributed by atoms with Gasteiger partial charge in [-0.2, -0.15) is 0 Å². The molecule has 2 atom stereocenters. The van der Waals surface area contributed by atoms with Crippen LogP contribution in [0.3, 0.4) is 0 Å². The lowest BCUT2D eigenvalue weighted by Gasteiger charge is -2.34. The van der Waals surface area contributed by atoms with Gasteiger partial charge < -0.3 is 9.32 Å². The number of likely N-dealkylation sites (tertiary alicyclic amines) is 1. The zero-order valence-corrected chi connectivity index (χ0v) is 14.3. The molecule has 2 heterocycles. The molecule has 1 aliphatic heterocycles. The summed E-state index contributed by atoms with van der Waals surface area (Å²) < 4.78 is 5.90. The molecule has 4 nitrogen and oxygen atoms in total. The Morgan fingerprint density at radius 1 is 1.39 bits per heavy atom. The smallest absolute Gasteiger partial charge is 0.237 e. The lowest BCUT2D eigenvalue weighted by atomic mass is 10.0. The summed E-state index contributed by atoms with van der Waals surface area (Å²) in [5, 5.41) is 1.08. The van der Waals surface area contributed by atoms with Crippen molar-refractivity contribution in [3.8, 4) is 0 Å². The molecule has 0 saturated carbocycles. The maximum absolute atomic E-state index is 12.6. The average Bonchev–Trinajstić information content (AvgIpc) is 2.99. The van der Waals surface area contributed by atoms with Crippen LogP contribution in [0.25, 0.3) is 11.0 Å². The van der Waals surface area contributed by atoms with Gasteiger partial charge in [0.15, 0.2) is 0 Å². The van der Waals surface area contributed by atoms with Crippen LogP contribution in [0.2, 0.25) is 0 Å². The van der Waals surface area contributed by atoms with Crippen LogP contribution in [0, 0.1) is 0 Å². The van der Waals surface area contributed by atoms with Gasteiger partial charge in [0.25, 0.3) is 0 Å². The molecule has 1 amide bonds. The molecule has 124 valence electrons. The highest BCUT2D eigenvalue weighted by Gasteiger charge is 2.25. The molecule has 2 aromatic rings. The van der Waals surface area contributed by atoms with E-state index in [4.69, 9.17) is 4.42 Å². The molecule has 1 aromatic heterocycles. The number of furan rings is 1. The van der Waals surface area contributed by atoms with Crippen LogP contribution in [0.4, 0.5) is 0 Å². The minimum absolute atomic E-state index is 0.0602. The number of hydrogen-bond acceptors (Lipinski definition) is 3. The summed E-state index contributed by atoms with van der Waals surface area (Å²) in [6, 6.07) is 10.4. The van der Waals surface area contributed by atoms with E-state index >= 15 is 0 Å². The Kier molecular flexibility index (Phi) is 4.71. The standard InChI is InChI=1S/C19H26N2O2/c1-14-8-6-7-11-21(14)13-19(22)20(3)15(2)18-12-16-9-4-5-10-17(16)23-18/h4-5,9-10,12,14-15H,6-8,11,13H2,1-3H3. The largest absolute Gasteiger partial charge is 0.459 e. The van der Waals surface area contributed by atoms with Crippen molar-refractivity contribution < 1.29 is 9.21 Å². The molecular weight excluding hydrogens is 288 g/mol. The number of likely N-dealkylation sites (N-methyl/N-ethyl adjacent to an activating group) is 1. The number of amides is 1. The topological polar surface area (TPSA) is 36.7 Å². The van der Waals surface area contributed by atoms with E-state index in [1.54, 1.807) is 4.90 Å². The van der Waals surface area contributed by atoms with Crippen LogP contribution in [-0.4, -0.2) is 41.9 Å². The molecule has 0 aliphatic carbocycles. The molecule has 0 N–H and O–H groups in total. The fraction of sp³-hybridized carbons (Fsp3) is 0.526. The number of rotatable bonds is 4. The Hall–Kier alpha value is -1.81. The Balaban J connectivity index is 1.68. The normalized spacial score (nSPS) is 20.6. The quantitative estimate of drug-likeness (QED) is 0.860. The highest BCUT2D eigenvalue weighted by molar-refractivity contribution is 5.80. The summed E-state index contributed by atoms with van der Waals surface area (Å²) in [6.07, 6.45) is 3.66. The first kappa shape index (κ1) is 16.1. The molecular formula is C19H26N2O2. The van der Waals surface area contributed by atoms with E-state index in [1.807, 2.05) is 44.3 Å². The van der Waals surface area contributed by atoms with Crippen molar-refractivity contribution in [2.45, 2.75) is 45.2 Å². The van der Waals surface area contributed by atoms with Gasteiger partial charge in [-0.25, -0.2) is 0 Å². The molecule has 0 radical (unpaired) electrons. The Bertz CT molecular complexity index is 646. The lowest BCUT2D eigenvalue weighted by molar-refractivity contribution is -0.134. The van der Waals surface area contributed by atoms with Gasteiger partial charge in [0, 0.05) is 18.5 Å². The van der Waals surface area contributed by atoms with Crippen molar-refractivity contribution in [1.29, 1.82) is 0 Å². The van der Waals surface area contributed by atoms with Gasteiger partial charge in [-0.3, -0.25) is 9.69 Å². The van der Waals surface area contributed by atoms with Crippen LogP contribution in [0.1, 0.15) is 44.9 Å². The summed E-state index contributed by atoms with van der Waals surface area (Å²) in [7, 11) is 1.87. The summed E-state index contributed by atoms with van der Waals surface area (Å²) in [6.45, 7) is 5.77. The average molecular weight is 314 g/mol. The van der Waals surface area contributed by atoms with Crippen molar-refractivity contribution in [1.82, 2.24) is 9.80 Å². The molecule has 23 heavy (non-hydrogen) atoms. The first-order chi connectivity index (χ1) is 11.1. The predicted octanol–water partition coefficient (Wildman–Crippen LogP) is 3.83. The van der Waals surface area contributed by atoms with Crippen molar-refractivity contribution in [2.75, 3.05) is 20.1 Å². The number of carbonyl (C=O) groups is 1. The monoisotopic (exact) mass is 314 g/mol. The van der Waals surface area contributed by atoms with Gasteiger partial charge in [-0.15, -0.1) is 0 Å². The minimum atomic E-state index is -0.0602. The first-order valence-corrected chi connectivity index (χ1v) is 8.54. The van der Waals surface area contributed by atoms with E-state index < -0.39 is 0 Å². The molecule has 1 fully saturated rings. The zero-order chi connectivity index (χ0) is 16.4. The molecule has 1 aromatic carbocycles. The number of para-hydroxylation sites is 1. The molecule has 1 saturated heterocycles. The van der Waals surface area contributed by atoms with Crippen LogP contribution >= 0.6 is 0 Å². The van der Waals surface area contributed by atoms with E-state index in [0.717, 1.165) is 23.3 Å². The van der Waals surface area contributed by atoms with E-state index in [-0.39, 0.29) is 11.9 Å². The summed E-state index contributed by atoms with van der Waals surface area (Å²) in [5.41, 5.74) is 0.875. The molecule has 2 unspecified atom stereocenters. The van der Waals surface area contributed by atoms with E-state index in [0.29, 0.717) is 12.6 Å². The van der Waals surface area contributed by atoms with Gasteiger partial charge in [-0.05, 0) is 45.4 Å². The lowest BCUT2D eigenvalue weighted by Crippen LogP contribution is -2.45. The number of fused-ring (bicyclic) bond motifs is 1. The van der Waals surface area contributed by atoms with Crippen molar-refractivity contribution >= 4 is 16.9 Å². The van der Waals surface area contributed by atoms with Crippen LogP contribution in [0.5, 0.6) is 0 Å². The molecule has 1 aliphatic rings. The highest BCUT2D eigenvalue weighted by atomic mass is 16.3. The number of hydrogen-bond donors (Lipinski definition) is 0. The van der Waals surface area contributed by atoms with Gasteiger partial charge in [0.2, 0.25) is 5.91 Å². The van der Waals surface area contributed by atoms with Crippen molar-refractivity contribution in [3.05, 3.63) is 36.1 Å². The maximum atomic E-state index is 12.6. The Morgan fingerprint density at radius 2 is 2.17 bits per heavy atom. The van der Waals surface area contributed by atoms with Gasteiger partial charge in [-0.1, -0.05) is 24.6 Å². The van der Waals surface area contributed by atoms with E-state index in [2.05, 4.69) is 11.8 Å². The first-order valence-electron chi connectivity index (χ1n) is 8.54. The van der Waals surface area contributed by atoms with Crippen molar-refractivity contribution in [3.63, 3.8) is 0 Å². The molecule has 0 bridgehead atoms. The third-order valence-electron chi connectivity index (χ3n) is 5.11. The number of carbonyl (C=O) groups excluding carboxylic acids is 1. The number of piperidine rings is 1. The third kappa shape index (κ3) is 3.42. The number of nitrogens with zero attached hydrogens (tertiary/aromatic N) is 2. The second kappa shape index (κ2) is 6.75. The van der Waals surface area contributed by atoms with E-state index in [9.17, 15) is 4.79 Å². The van der Waals surface area contributed by atoms with E-state index in [1.165, 1.54) is 19.3 Å². The Morgan fingerprint density at radius 3 is 2.91 bits per heavy atom. The van der Waals surface area contributed by atoms with Crippen LogP contribution in [-0.2, 0) is 4.79 Å². The summed E-state index contributed by atoms with van der Waals surface area (Å²) in [4.78, 5) is 16.7. The molecule has 3 rings (SSSR count). The SMILES string of the molecule is CC1CCCCN1CC(=O)N(C)C(C)c1cc2ccccc2o1. The fourth-order valence-corrected chi connectivity index (χ4v) is 3.29. The van der Waals surface area contributed by atoms with Crippen LogP contribution in [0.15, 0.2) is 34.7 Å². The van der Waals surface area contributed by atoms with Gasteiger partial charge >= 0.3 is 0 Å². The molecule has 4 heteroatoms. The second-order valence-corrected chi connectivity index (χ2v) is 6.68. The summed E-state index contributed by atoms with van der Waals surface area (Å²) in [5.74, 6) is 1.00. The number of benzene rings is 1. The molecule has 0 spiro atoms. The summed E-state index contributed by atoms with van der Waals surface area (Å²) >= 11 is 0. The second-order valence-electron chi connectivity index (χ2n) is 6.68. The zero-order valence-electron chi connectivity index (χ0n) is 14.3. The van der Waals surface area contributed by atoms with Gasteiger partial charge in [0.1, 0.15) is 11.3 Å². The fourth-order valence-electron chi connectivity index (χ4n) is 3.29. The van der Waals surface area contributed by atoms with Gasteiger partial charge in [0.05, 0.1) is 12.6 Å². The minimum Gasteiger partial charge on any atom is -0.459 e. The van der Waals surface area contributed by atoms with Crippen molar-refractivity contribution in [2.24, 2.45) is 0 Å². The highest BCUT2D eigenvalue weighted by Crippen LogP contribution is 2.27. The predicted molar refractivity (Wildman–Crippen MR) is 92.3 cm³/mol. The third-order valence-corrected chi connectivity index (χ3v) is 5.11. The maximum Gasteiger partial charge on any atom is 0.237 e. The van der Waals surface area contributed by atoms with Crippen LogP contribution < -0.4 is 0 Å². The Labute approximate surface area is 138 Å².